The highest BCUT2D eigenvalue weighted by atomic mass is 19.1. The summed E-state index contributed by atoms with van der Waals surface area (Å²) in [6.07, 6.45) is 0. The quantitative estimate of drug-likeness (QED) is 0.839. The van der Waals surface area contributed by atoms with E-state index in [9.17, 15) is 9.18 Å². The van der Waals surface area contributed by atoms with Gasteiger partial charge in [-0.1, -0.05) is 19.1 Å². The van der Waals surface area contributed by atoms with Gasteiger partial charge >= 0.3 is 0 Å². The average Bonchev–Trinajstić information content (AvgIpc) is 2.29. The van der Waals surface area contributed by atoms with Gasteiger partial charge in [0.25, 0.3) is 0 Å². The number of aryl methyl sites for hydroxylation is 1. The molecule has 1 amide bonds. The fraction of sp³-hybridized carbons (Fsp3) is 0.462. The normalized spacial score (nSPS) is 14.2. The van der Waals surface area contributed by atoms with Gasteiger partial charge in [-0.05, 0) is 31.0 Å². The molecule has 0 saturated heterocycles. The Morgan fingerprint density at radius 3 is 2.65 bits per heavy atom. The molecular formula is C13H19FN2O. The second-order valence-corrected chi connectivity index (χ2v) is 4.45. The van der Waals surface area contributed by atoms with Crippen LogP contribution < -0.4 is 11.1 Å². The molecule has 1 aromatic rings. The zero-order valence-corrected chi connectivity index (χ0v) is 10.5. The fourth-order valence-corrected chi connectivity index (χ4v) is 1.41. The van der Waals surface area contributed by atoms with Crippen LogP contribution in [-0.4, -0.2) is 11.9 Å². The van der Waals surface area contributed by atoms with Crippen molar-refractivity contribution in [2.75, 3.05) is 0 Å². The van der Waals surface area contributed by atoms with Crippen molar-refractivity contribution >= 4 is 5.91 Å². The molecule has 94 valence electrons. The number of rotatable bonds is 4. The van der Waals surface area contributed by atoms with E-state index in [0.29, 0.717) is 12.1 Å². The van der Waals surface area contributed by atoms with Gasteiger partial charge in [-0.2, -0.15) is 0 Å². The van der Waals surface area contributed by atoms with Crippen molar-refractivity contribution in [1.29, 1.82) is 0 Å². The lowest BCUT2D eigenvalue weighted by Crippen LogP contribution is -2.38. The lowest BCUT2D eigenvalue weighted by atomic mass is 10.0. The molecule has 0 saturated carbocycles. The van der Waals surface area contributed by atoms with E-state index < -0.39 is 0 Å². The Labute approximate surface area is 101 Å². The minimum absolute atomic E-state index is 0.0815. The van der Waals surface area contributed by atoms with Crippen LogP contribution in [0.15, 0.2) is 18.2 Å². The summed E-state index contributed by atoms with van der Waals surface area (Å²) in [4.78, 5) is 11.6. The second kappa shape index (κ2) is 5.77. The van der Waals surface area contributed by atoms with Crippen molar-refractivity contribution in [1.82, 2.24) is 5.32 Å². The topological polar surface area (TPSA) is 55.1 Å². The number of hydrogen-bond donors (Lipinski definition) is 2. The number of nitrogens with two attached hydrogens (primary N) is 1. The largest absolute Gasteiger partial charge is 0.352 e. The van der Waals surface area contributed by atoms with Gasteiger partial charge in [-0.3, -0.25) is 4.79 Å². The summed E-state index contributed by atoms with van der Waals surface area (Å²) in [5.41, 5.74) is 7.10. The predicted molar refractivity (Wildman–Crippen MR) is 65.8 cm³/mol. The average molecular weight is 238 g/mol. The van der Waals surface area contributed by atoms with Crippen molar-refractivity contribution in [2.45, 2.75) is 33.4 Å². The molecule has 1 aromatic carbocycles. The van der Waals surface area contributed by atoms with Crippen LogP contribution in [0.5, 0.6) is 0 Å². The van der Waals surface area contributed by atoms with Crippen molar-refractivity contribution in [2.24, 2.45) is 11.7 Å². The van der Waals surface area contributed by atoms with Crippen molar-refractivity contribution in [3.8, 4) is 0 Å². The molecule has 0 spiro atoms. The van der Waals surface area contributed by atoms with Gasteiger partial charge in [0, 0.05) is 18.5 Å². The first kappa shape index (κ1) is 13.6. The maximum absolute atomic E-state index is 13.0. The van der Waals surface area contributed by atoms with Crippen molar-refractivity contribution in [3.05, 3.63) is 35.1 Å². The molecule has 0 aliphatic rings. The van der Waals surface area contributed by atoms with E-state index >= 15 is 0 Å². The summed E-state index contributed by atoms with van der Waals surface area (Å²) in [5, 5.41) is 2.79. The summed E-state index contributed by atoms with van der Waals surface area (Å²) in [6.45, 7) is 5.68. The molecule has 4 heteroatoms. The van der Waals surface area contributed by atoms with Gasteiger partial charge < -0.3 is 11.1 Å². The van der Waals surface area contributed by atoms with Gasteiger partial charge in [-0.15, -0.1) is 0 Å². The number of benzene rings is 1. The van der Waals surface area contributed by atoms with Crippen molar-refractivity contribution in [3.63, 3.8) is 0 Å². The summed E-state index contributed by atoms with van der Waals surface area (Å²) in [5.74, 6) is -0.539. The number of carbonyl (C=O) groups is 1. The monoisotopic (exact) mass is 238 g/mol. The van der Waals surface area contributed by atoms with Gasteiger partial charge in [-0.25, -0.2) is 4.39 Å². The standard InChI is InChI=1S/C13H19FN2O/c1-8-6-11(4-5-12(8)14)7-16-13(17)9(2)10(3)15/h4-6,9-10H,7,15H2,1-3H3,(H,16,17). The highest BCUT2D eigenvalue weighted by molar-refractivity contribution is 5.78. The van der Waals surface area contributed by atoms with Crippen LogP contribution in [0.25, 0.3) is 0 Å². The molecule has 0 heterocycles. The van der Waals surface area contributed by atoms with Crippen LogP contribution in [0.1, 0.15) is 25.0 Å². The number of halogens is 1. The molecule has 17 heavy (non-hydrogen) atoms. The zero-order chi connectivity index (χ0) is 13.0. The minimum atomic E-state index is -0.232. The van der Waals surface area contributed by atoms with E-state index in [-0.39, 0.29) is 23.7 Å². The number of carbonyl (C=O) groups excluding carboxylic acids is 1. The number of hydrogen-bond acceptors (Lipinski definition) is 2. The van der Waals surface area contributed by atoms with Crippen LogP contribution in [0, 0.1) is 18.7 Å². The number of amides is 1. The molecular weight excluding hydrogens is 219 g/mol. The number of nitrogens with one attached hydrogen (secondary N) is 1. The highest BCUT2D eigenvalue weighted by Crippen LogP contribution is 2.09. The van der Waals surface area contributed by atoms with E-state index in [1.54, 1.807) is 32.9 Å². The minimum Gasteiger partial charge on any atom is -0.352 e. The van der Waals surface area contributed by atoms with Crippen LogP contribution in [0.3, 0.4) is 0 Å². The maximum Gasteiger partial charge on any atom is 0.224 e. The molecule has 0 radical (unpaired) electrons. The van der Waals surface area contributed by atoms with E-state index in [4.69, 9.17) is 5.73 Å². The SMILES string of the molecule is Cc1cc(CNC(=O)C(C)C(C)N)ccc1F. The van der Waals surface area contributed by atoms with Crippen LogP contribution in [-0.2, 0) is 11.3 Å². The molecule has 0 fully saturated rings. The van der Waals surface area contributed by atoms with Gasteiger partial charge in [0.15, 0.2) is 0 Å². The first-order valence-electron chi connectivity index (χ1n) is 5.70. The molecule has 2 atom stereocenters. The lowest BCUT2D eigenvalue weighted by Gasteiger charge is -2.15. The molecule has 3 nitrogen and oxygen atoms in total. The smallest absolute Gasteiger partial charge is 0.224 e. The van der Waals surface area contributed by atoms with Gasteiger partial charge in [0.05, 0.1) is 0 Å². The first-order valence-corrected chi connectivity index (χ1v) is 5.70. The Morgan fingerprint density at radius 2 is 2.12 bits per heavy atom. The summed E-state index contributed by atoms with van der Waals surface area (Å²) < 4.78 is 13.0. The Kier molecular flexibility index (Phi) is 4.63. The van der Waals surface area contributed by atoms with E-state index in [1.807, 2.05) is 0 Å². The third kappa shape index (κ3) is 3.82. The zero-order valence-electron chi connectivity index (χ0n) is 10.5. The Balaban J connectivity index is 2.56. The Hall–Kier alpha value is -1.42. The summed E-state index contributed by atoms with van der Waals surface area (Å²) in [7, 11) is 0. The highest BCUT2D eigenvalue weighted by Gasteiger charge is 2.16. The fourth-order valence-electron chi connectivity index (χ4n) is 1.41. The maximum atomic E-state index is 13.0. The summed E-state index contributed by atoms with van der Waals surface area (Å²) >= 11 is 0. The predicted octanol–water partition coefficient (Wildman–Crippen LogP) is 1.73. The third-order valence-corrected chi connectivity index (χ3v) is 2.89. The van der Waals surface area contributed by atoms with E-state index in [0.717, 1.165) is 5.56 Å². The summed E-state index contributed by atoms with van der Waals surface area (Å²) in [6, 6.07) is 4.63. The first-order chi connectivity index (χ1) is 7.91. The molecule has 0 aliphatic heterocycles. The van der Waals surface area contributed by atoms with Gasteiger partial charge in [0.2, 0.25) is 5.91 Å². The molecule has 0 aliphatic carbocycles. The van der Waals surface area contributed by atoms with Crippen LogP contribution >= 0.6 is 0 Å². The lowest BCUT2D eigenvalue weighted by molar-refractivity contribution is -0.125. The molecule has 2 unspecified atom stereocenters. The van der Waals surface area contributed by atoms with Gasteiger partial charge in [0.1, 0.15) is 5.82 Å². The van der Waals surface area contributed by atoms with Crippen molar-refractivity contribution < 1.29 is 9.18 Å². The van der Waals surface area contributed by atoms with E-state index in [1.165, 1.54) is 6.07 Å². The second-order valence-electron chi connectivity index (χ2n) is 4.45. The molecule has 3 N–H and O–H groups in total. The Morgan fingerprint density at radius 1 is 1.47 bits per heavy atom. The van der Waals surface area contributed by atoms with Crippen LogP contribution in [0.4, 0.5) is 4.39 Å². The molecule has 0 bridgehead atoms. The molecule has 1 rings (SSSR count). The third-order valence-electron chi connectivity index (χ3n) is 2.89. The van der Waals surface area contributed by atoms with E-state index in [2.05, 4.69) is 5.32 Å². The Bertz CT molecular complexity index is 404. The van der Waals surface area contributed by atoms with Crippen LogP contribution in [0.2, 0.25) is 0 Å². The molecule has 0 aromatic heterocycles.